The van der Waals surface area contributed by atoms with Crippen LogP contribution in [-0.4, -0.2) is 23.1 Å². The number of nitrogens with zero attached hydrogens (tertiary/aromatic N) is 1. The Morgan fingerprint density at radius 3 is 1.78 bits per heavy atom. The van der Waals surface area contributed by atoms with E-state index >= 15 is 0 Å². The van der Waals surface area contributed by atoms with E-state index in [2.05, 4.69) is 103 Å². The summed E-state index contributed by atoms with van der Waals surface area (Å²) in [5.74, 6) is -1.44. The minimum Gasteiger partial charge on any atom is -0.475 e. The summed E-state index contributed by atoms with van der Waals surface area (Å²) in [6.07, 6.45) is -5.08. The van der Waals surface area contributed by atoms with Gasteiger partial charge in [-0.05, 0) is 16.7 Å². The summed E-state index contributed by atoms with van der Waals surface area (Å²) in [6.45, 7) is 2.22. The van der Waals surface area contributed by atoms with Crippen molar-refractivity contribution in [1.82, 2.24) is 5.32 Å². The van der Waals surface area contributed by atoms with E-state index in [1.165, 1.54) is 16.7 Å². The third-order valence-corrected chi connectivity index (χ3v) is 5.15. The minimum absolute atomic E-state index is 0.102. The van der Waals surface area contributed by atoms with Gasteiger partial charge in [0.25, 0.3) is 0 Å². The second kappa shape index (κ2) is 10.1. The molecule has 32 heavy (non-hydrogen) atoms. The molecule has 0 amide bonds. The van der Waals surface area contributed by atoms with Crippen molar-refractivity contribution in [2.24, 2.45) is 4.99 Å². The molecule has 0 unspecified atom stereocenters. The summed E-state index contributed by atoms with van der Waals surface area (Å²) in [6, 6.07) is 32.0. The number of hydrogen-bond donors (Lipinski definition) is 2. The summed E-state index contributed by atoms with van der Waals surface area (Å²) >= 11 is 0. The maximum absolute atomic E-state index is 10.6. The molecule has 4 nitrogen and oxygen atoms in total. The number of carbonyl (C=O) groups is 1. The van der Waals surface area contributed by atoms with E-state index < -0.39 is 12.1 Å². The third kappa shape index (κ3) is 5.75. The van der Waals surface area contributed by atoms with Crippen molar-refractivity contribution in [1.29, 1.82) is 0 Å². The number of nitrogens with one attached hydrogen (secondary N) is 1. The van der Waals surface area contributed by atoms with Gasteiger partial charge in [-0.1, -0.05) is 97.9 Å². The van der Waals surface area contributed by atoms with E-state index in [4.69, 9.17) is 14.9 Å². The van der Waals surface area contributed by atoms with Gasteiger partial charge in [-0.3, -0.25) is 4.99 Å². The number of amidine groups is 1. The number of hydrogen-bond acceptors (Lipinski definition) is 3. The number of aliphatic carboxylic acids is 1. The fraction of sp³-hybridized carbons (Fsp3) is 0.200. The summed E-state index contributed by atoms with van der Waals surface area (Å²) in [7, 11) is 0. The normalized spacial score (nSPS) is 18.6. The lowest BCUT2D eigenvalue weighted by Crippen LogP contribution is -2.27. The van der Waals surface area contributed by atoms with Gasteiger partial charge >= 0.3 is 12.1 Å². The summed E-state index contributed by atoms with van der Waals surface area (Å²) < 4.78 is 31.7. The molecule has 0 aliphatic carbocycles. The number of aliphatic imine (C=N–C) groups is 1. The van der Waals surface area contributed by atoms with Crippen molar-refractivity contribution in [3.63, 3.8) is 0 Å². The van der Waals surface area contributed by atoms with Crippen LogP contribution >= 0.6 is 0 Å². The highest BCUT2D eigenvalue weighted by Crippen LogP contribution is 2.38. The maximum atomic E-state index is 10.6. The highest BCUT2D eigenvalue weighted by atomic mass is 19.4. The molecule has 7 heteroatoms. The molecule has 3 atom stereocenters. The topological polar surface area (TPSA) is 61.7 Å². The molecular weight excluding hydrogens is 417 g/mol. The molecular formula is C25H23F3N2O2. The monoisotopic (exact) mass is 440 g/mol. The standard InChI is InChI=1S/C23H22N2.C2HF3O2/c1-17(18-11-5-2-6-12-18)23-24-21(19-13-7-3-8-14-19)22(25-23)20-15-9-4-10-16-20;3-2(4,5)1(6)7/h2-17,21-22H,1H3,(H,24,25);(H,6,7)/t17-,21-,22+;/m1./s1. The van der Waals surface area contributed by atoms with Crippen LogP contribution in [0.15, 0.2) is 96.0 Å². The van der Waals surface area contributed by atoms with E-state index in [9.17, 15) is 13.2 Å². The van der Waals surface area contributed by atoms with E-state index in [1.54, 1.807) is 0 Å². The first-order valence-corrected chi connectivity index (χ1v) is 10.1. The Labute approximate surface area is 184 Å². The predicted octanol–water partition coefficient (Wildman–Crippen LogP) is 5.91. The highest BCUT2D eigenvalue weighted by Gasteiger charge is 2.38. The molecule has 0 spiro atoms. The third-order valence-electron chi connectivity index (χ3n) is 5.15. The van der Waals surface area contributed by atoms with Gasteiger partial charge in [0.1, 0.15) is 11.9 Å². The zero-order valence-electron chi connectivity index (χ0n) is 17.3. The molecule has 0 saturated heterocycles. The molecule has 1 aliphatic heterocycles. The lowest BCUT2D eigenvalue weighted by molar-refractivity contribution is -0.192. The second-order valence-corrected chi connectivity index (χ2v) is 7.34. The fourth-order valence-electron chi connectivity index (χ4n) is 3.48. The Bertz CT molecular complexity index is 1040. The van der Waals surface area contributed by atoms with Crippen LogP contribution in [0.5, 0.6) is 0 Å². The van der Waals surface area contributed by atoms with Gasteiger partial charge in [0.15, 0.2) is 0 Å². The molecule has 0 aromatic heterocycles. The van der Waals surface area contributed by atoms with Crippen LogP contribution in [-0.2, 0) is 4.79 Å². The maximum Gasteiger partial charge on any atom is 0.490 e. The first-order valence-electron chi connectivity index (χ1n) is 10.1. The molecule has 3 aromatic carbocycles. The second-order valence-electron chi connectivity index (χ2n) is 7.34. The quantitative estimate of drug-likeness (QED) is 0.530. The van der Waals surface area contributed by atoms with Crippen LogP contribution < -0.4 is 5.32 Å². The van der Waals surface area contributed by atoms with Crippen molar-refractivity contribution >= 4 is 11.8 Å². The number of benzene rings is 3. The lowest BCUT2D eigenvalue weighted by Gasteiger charge is -2.20. The average molecular weight is 440 g/mol. The molecule has 166 valence electrons. The molecule has 3 aromatic rings. The number of carboxylic acids is 1. The van der Waals surface area contributed by atoms with Crippen molar-refractivity contribution in [3.8, 4) is 0 Å². The SMILES string of the molecule is C[C@@H](C1=N[C@@H](c2ccccc2)[C@@H](c2ccccc2)N1)c1ccccc1.O=C(O)C(F)(F)F. The Hall–Kier alpha value is -3.61. The van der Waals surface area contributed by atoms with Gasteiger partial charge in [0, 0.05) is 5.92 Å². The van der Waals surface area contributed by atoms with E-state index in [-0.39, 0.29) is 18.0 Å². The first-order chi connectivity index (χ1) is 15.3. The van der Waals surface area contributed by atoms with Gasteiger partial charge in [-0.25, -0.2) is 4.79 Å². The Morgan fingerprint density at radius 2 is 1.31 bits per heavy atom. The molecule has 0 saturated carbocycles. The summed E-state index contributed by atoms with van der Waals surface area (Å²) in [5.41, 5.74) is 3.81. The van der Waals surface area contributed by atoms with Crippen molar-refractivity contribution in [3.05, 3.63) is 108 Å². The van der Waals surface area contributed by atoms with Gasteiger partial charge in [0.05, 0.1) is 6.04 Å². The van der Waals surface area contributed by atoms with E-state index in [0.29, 0.717) is 0 Å². The number of halogens is 3. The van der Waals surface area contributed by atoms with Crippen LogP contribution in [0, 0.1) is 0 Å². The van der Waals surface area contributed by atoms with Crippen molar-refractivity contribution in [2.75, 3.05) is 0 Å². The van der Waals surface area contributed by atoms with Crippen LogP contribution in [0.3, 0.4) is 0 Å². The lowest BCUT2D eigenvalue weighted by atomic mass is 9.95. The Morgan fingerprint density at radius 1 is 0.875 bits per heavy atom. The van der Waals surface area contributed by atoms with E-state index in [0.717, 1.165) is 5.84 Å². The van der Waals surface area contributed by atoms with Crippen molar-refractivity contribution in [2.45, 2.75) is 31.1 Å². The largest absolute Gasteiger partial charge is 0.490 e. The Kier molecular flexibility index (Phi) is 7.30. The predicted molar refractivity (Wildman–Crippen MR) is 117 cm³/mol. The molecule has 1 aliphatic rings. The van der Waals surface area contributed by atoms with Crippen LogP contribution in [0.2, 0.25) is 0 Å². The fourth-order valence-corrected chi connectivity index (χ4v) is 3.48. The summed E-state index contributed by atoms with van der Waals surface area (Å²) in [5, 5.41) is 10.8. The number of rotatable bonds is 4. The molecule has 4 rings (SSSR count). The summed E-state index contributed by atoms with van der Waals surface area (Å²) in [4.78, 5) is 14.0. The van der Waals surface area contributed by atoms with Crippen LogP contribution in [0.1, 0.15) is 41.6 Å². The zero-order valence-corrected chi connectivity index (χ0v) is 17.3. The van der Waals surface area contributed by atoms with E-state index in [1.807, 2.05) is 0 Å². The van der Waals surface area contributed by atoms with Gasteiger partial charge in [0.2, 0.25) is 0 Å². The molecule has 0 bridgehead atoms. The average Bonchev–Trinajstić information content (AvgIpc) is 3.26. The van der Waals surface area contributed by atoms with Gasteiger partial charge in [-0.2, -0.15) is 13.2 Å². The van der Waals surface area contributed by atoms with Gasteiger partial charge < -0.3 is 10.4 Å². The Balaban J connectivity index is 0.000000360. The van der Waals surface area contributed by atoms with Crippen LogP contribution in [0.25, 0.3) is 0 Å². The molecule has 0 fully saturated rings. The zero-order chi connectivity index (χ0) is 23.1. The first kappa shape index (κ1) is 23.1. The smallest absolute Gasteiger partial charge is 0.475 e. The van der Waals surface area contributed by atoms with Gasteiger partial charge in [-0.15, -0.1) is 0 Å². The van der Waals surface area contributed by atoms with Crippen molar-refractivity contribution < 1.29 is 23.1 Å². The molecule has 0 radical (unpaired) electrons. The highest BCUT2D eigenvalue weighted by molar-refractivity contribution is 5.91. The molecule has 2 N–H and O–H groups in total. The minimum atomic E-state index is -5.08. The number of alkyl halides is 3. The van der Waals surface area contributed by atoms with Crippen LogP contribution in [0.4, 0.5) is 13.2 Å². The molecule has 1 heterocycles. The number of carboxylic acid groups (broad SMARTS) is 1.